The van der Waals surface area contributed by atoms with Gasteiger partial charge < -0.3 is 0 Å². The lowest BCUT2D eigenvalue weighted by Crippen LogP contribution is -2.15. The van der Waals surface area contributed by atoms with Gasteiger partial charge in [0.2, 0.25) is 0 Å². The van der Waals surface area contributed by atoms with Crippen molar-refractivity contribution in [2.75, 3.05) is 0 Å². The second kappa shape index (κ2) is 15.8. The molecule has 0 bridgehead atoms. The van der Waals surface area contributed by atoms with E-state index in [-0.39, 0.29) is 5.41 Å². The Labute approximate surface area is 369 Å². The summed E-state index contributed by atoms with van der Waals surface area (Å²) in [5.74, 6) is 0.691. The molecule has 0 atom stereocenters. The summed E-state index contributed by atoms with van der Waals surface area (Å²) in [5.41, 5.74) is 21.9. The smallest absolute Gasteiger partial charge is 0.160 e. The van der Waals surface area contributed by atoms with Crippen LogP contribution in [0.2, 0.25) is 0 Å². The molecular formula is C61H44N2. The molecule has 2 nitrogen and oxygen atoms in total. The van der Waals surface area contributed by atoms with Crippen molar-refractivity contribution in [2.24, 2.45) is 0 Å². The van der Waals surface area contributed by atoms with Crippen molar-refractivity contribution in [1.82, 2.24) is 9.97 Å². The van der Waals surface area contributed by atoms with E-state index in [9.17, 15) is 0 Å². The highest BCUT2D eigenvalue weighted by Gasteiger charge is 2.36. The Morgan fingerprint density at radius 2 is 0.683 bits per heavy atom. The van der Waals surface area contributed by atoms with Gasteiger partial charge >= 0.3 is 0 Å². The molecule has 1 heterocycles. The summed E-state index contributed by atoms with van der Waals surface area (Å²) in [4.78, 5) is 10.5. The van der Waals surface area contributed by atoms with Crippen LogP contribution in [-0.2, 0) is 5.41 Å². The van der Waals surface area contributed by atoms with Gasteiger partial charge in [0, 0.05) is 22.1 Å². The predicted octanol–water partition coefficient (Wildman–Crippen LogP) is 16.1. The summed E-state index contributed by atoms with van der Waals surface area (Å²) in [7, 11) is 0. The molecule has 0 amide bonds. The minimum Gasteiger partial charge on any atom is -0.228 e. The SMILES string of the molecule is CC1(C)c2ccccc2-c2cc(-c3ccc(-c4ccccc4)cc3)c(-c3cccc(-c4cccc(-c5nc(-c6ccccc6)cc(-c6cccc(-c7ccccc7)c6)n5)c4)c3)cc21. The van der Waals surface area contributed by atoms with Crippen molar-refractivity contribution in [3.05, 3.63) is 242 Å². The second-order valence-electron chi connectivity index (χ2n) is 17.0. The van der Waals surface area contributed by atoms with Gasteiger partial charge in [0.25, 0.3) is 0 Å². The molecule has 0 fully saturated rings. The van der Waals surface area contributed by atoms with E-state index in [1.807, 2.05) is 6.07 Å². The number of benzene rings is 9. The molecule has 1 aromatic heterocycles. The fourth-order valence-electron chi connectivity index (χ4n) is 9.37. The molecule has 2 heteroatoms. The third-order valence-corrected chi connectivity index (χ3v) is 12.7. The lowest BCUT2D eigenvalue weighted by molar-refractivity contribution is 0.660. The second-order valence-corrected chi connectivity index (χ2v) is 17.0. The molecule has 0 saturated carbocycles. The van der Waals surface area contributed by atoms with Crippen LogP contribution in [0.25, 0.3) is 101 Å². The number of rotatable bonds is 8. The van der Waals surface area contributed by atoms with E-state index >= 15 is 0 Å². The number of nitrogens with zero attached hydrogens (tertiary/aromatic N) is 2. The maximum absolute atomic E-state index is 5.26. The van der Waals surface area contributed by atoms with Crippen LogP contribution in [0.1, 0.15) is 25.0 Å². The normalized spacial score (nSPS) is 12.4. The molecular weight excluding hydrogens is 761 g/mol. The van der Waals surface area contributed by atoms with E-state index in [0.29, 0.717) is 5.82 Å². The van der Waals surface area contributed by atoms with E-state index in [1.54, 1.807) is 0 Å². The summed E-state index contributed by atoms with van der Waals surface area (Å²) in [6.45, 7) is 4.72. The van der Waals surface area contributed by atoms with Gasteiger partial charge in [0.1, 0.15) is 0 Å². The zero-order valence-corrected chi connectivity index (χ0v) is 35.3. The van der Waals surface area contributed by atoms with Crippen LogP contribution in [-0.4, -0.2) is 9.97 Å². The van der Waals surface area contributed by atoms with Crippen LogP contribution in [0, 0.1) is 0 Å². The van der Waals surface area contributed by atoms with Crippen LogP contribution in [0.4, 0.5) is 0 Å². The van der Waals surface area contributed by atoms with E-state index in [1.165, 1.54) is 61.2 Å². The molecule has 0 saturated heterocycles. The first-order chi connectivity index (χ1) is 31.0. The van der Waals surface area contributed by atoms with Gasteiger partial charge in [-0.2, -0.15) is 0 Å². The highest BCUT2D eigenvalue weighted by Crippen LogP contribution is 2.52. The highest BCUT2D eigenvalue weighted by molar-refractivity contribution is 5.94. The van der Waals surface area contributed by atoms with Gasteiger partial charge in [-0.05, 0) is 114 Å². The fraction of sp³-hybridized carbons (Fsp3) is 0.0492. The summed E-state index contributed by atoms with van der Waals surface area (Å²) in [6, 6.07) is 82.8. The molecule has 1 aliphatic carbocycles. The molecule has 1 aliphatic rings. The van der Waals surface area contributed by atoms with Crippen molar-refractivity contribution in [3.8, 4) is 101 Å². The first-order valence-electron chi connectivity index (χ1n) is 21.7. The number of hydrogen-bond donors (Lipinski definition) is 0. The minimum atomic E-state index is -0.127. The third-order valence-electron chi connectivity index (χ3n) is 12.7. The largest absolute Gasteiger partial charge is 0.228 e. The van der Waals surface area contributed by atoms with Crippen LogP contribution in [0.15, 0.2) is 231 Å². The summed E-state index contributed by atoms with van der Waals surface area (Å²) < 4.78 is 0. The molecule has 11 rings (SSSR count). The third kappa shape index (κ3) is 7.16. The molecule has 0 aliphatic heterocycles. The van der Waals surface area contributed by atoms with Gasteiger partial charge in [-0.3, -0.25) is 0 Å². The summed E-state index contributed by atoms with van der Waals surface area (Å²) in [6.07, 6.45) is 0. The van der Waals surface area contributed by atoms with Crippen molar-refractivity contribution >= 4 is 0 Å². The van der Waals surface area contributed by atoms with Crippen molar-refractivity contribution in [1.29, 1.82) is 0 Å². The standard InChI is InChI=1S/C61H44N2/c1-61(2)56-30-13-12-29-52(56)55-38-53(44-33-31-43(32-34-44)41-17-6-3-7-18-41)54(39-57(55)61)49-26-14-24-47(35-49)48-25-16-28-51(37-48)60-62-58(45-21-10-5-11-22-45)40-59(63-60)50-27-15-23-46(36-50)42-19-8-4-9-20-42/h3-40H,1-2H3. The highest BCUT2D eigenvalue weighted by atomic mass is 14.9. The van der Waals surface area contributed by atoms with E-state index < -0.39 is 0 Å². The average molecular weight is 805 g/mol. The molecule has 10 aromatic rings. The quantitative estimate of drug-likeness (QED) is 0.153. The maximum Gasteiger partial charge on any atom is 0.160 e. The Bertz CT molecular complexity index is 3280. The monoisotopic (exact) mass is 804 g/mol. The Morgan fingerprint density at radius 1 is 0.254 bits per heavy atom. The minimum absolute atomic E-state index is 0.127. The molecule has 298 valence electrons. The van der Waals surface area contributed by atoms with Gasteiger partial charge in [0.05, 0.1) is 11.4 Å². The zero-order valence-electron chi connectivity index (χ0n) is 35.3. The van der Waals surface area contributed by atoms with E-state index in [0.717, 1.165) is 44.8 Å². The molecule has 63 heavy (non-hydrogen) atoms. The Hall–Kier alpha value is -7.94. The van der Waals surface area contributed by atoms with Crippen LogP contribution in [0.3, 0.4) is 0 Å². The molecule has 0 N–H and O–H groups in total. The number of hydrogen-bond acceptors (Lipinski definition) is 2. The average Bonchev–Trinajstić information content (AvgIpc) is 3.59. The lowest BCUT2D eigenvalue weighted by Gasteiger charge is -2.23. The van der Waals surface area contributed by atoms with Gasteiger partial charge in [-0.25, -0.2) is 9.97 Å². The van der Waals surface area contributed by atoms with Gasteiger partial charge in [0.15, 0.2) is 5.82 Å². The van der Waals surface area contributed by atoms with Crippen LogP contribution < -0.4 is 0 Å². The van der Waals surface area contributed by atoms with Crippen molar-refractivity contribution in [3.63, 3.8) is 0 Å². The van der Waals surface area contributed by atoms with Gasteiger partial charge in [-0.1, -0.05) is 208 Å². The Balaban J connectivity index is 1.01. The number of aromatic nitrogens is 2. The van der Waals surface area contributed by atoms with Crippen LogP contribution >= 0.6 is 0 Å². The number of fused-ring (bicyclic) bond motifs is 3. The molecule has 0 radical (unpaired) electrons. The van der Waals surface area contributed by atoms with E-state index in [4.69, 9.17) is 9.97 Å². The molecule has 0 spiro atoms. The molecule has 9 aromatic carbocycles. The Kier molecular flexibility index (Phi) is 9.55. The van der Waals surface area contributed by atoms with Crippen molar-refractivity contribution in [2.45, 2.75) is 19.3 Å². The summed E-state index contributed by atoms with van der Waals surface area (Å²) in [5, 5.41) is 0. The fourth-order valence-corrected chi connectivity index (χ4v) is 9.37. The predicted molar refractivity (Wildman–Crippen MR) is 263 cm³/mol. The van der Waals surface area contributed by atoms with E-state index in [2.05, 4.69) is 238 Å². The van der Waals surface area contributed by atoms with Crippen LogP contribution in [0.5, 0.6) is 0 Å². The summed E-state index contributed by atoms with van der Waals surface area (Å²) >= 11 is 0. The Morgan fingerprint density at radius 3 is 1.35 bits per heavy atom. The topological polar surface area (TPSA) is 25.8 Å². The first kappa shape index (κ1) is 38.0. The first-order valence-corrected chi connectivity index (χ1v) is 21.7. The maximum atomic E-state index is 5.26. The zero-order chi connectivity index (χ0) is 42.3. The lowest BCUT2D eigenvalue weighted by atomic mass is 9.80. The van der Waals surface area contributed by atoms with Gasteiger partial charge in [-0.15, -0.1) is 0 Å². The molecule has 0 unspecified atom stereocenters. The van der Waals surface area contributed by atoms with Crippen molar-refractivity contribution < 1.29 is 0 Å².